The molecule has 0 saturated carbocycles. The number of rotatable bonds is 6. The molecule has 4 aromatic rings. The SMILES string of the molecule is Cc1nc2ncccn2c1CN(OCc1ccccc1)c1ccccc1. The maximum Gasteiger partial charge on any atom is 0.234 e. The number of hydrogen-bond acceptors (Lipinski definition) is 4. The molecule has 5 heteroatoms. The van der Waals surface area contributed by atoms with E-state index in [1.807, 2.05) is 77.2 Å². The number of imidazole rings is 1. The average Bonchev–Trinajstić information content (AvgIpc) is 3.01. The fourth-order valence-corrected chi connectivity index (χ4v) is 2.90. The molecule has 2 aromatic heterocycles. The molecule has 0 spiro atoms. The van der Waals surface area contributed by atoms with Crippen molar-refractivity contribution in [2.75, 3.05) is 5.06 Å². The van der Waals surface area contributed by atoms with E-state index < -0.39 is 0 Å². The Morgan fingerprint density at radius 3 is 2.46 bits per heavy atom. The molecule has 26 heavy (non-hydrogen) atoms. The van der Waals surface area contributed by atoms with Crippen molar-refractivity contribution in [1.82, 2.24) is 14.4 Å². The predicted octanol–water partition coefficient (Wildman–Crippen LogP) is 4.18. The van der Waals surface area contributed by atoms with Gasteiger partial charge in [-0.3, -0.25) is 9.24 Å². The van der Waals surface area contributed by atoms with Crippen molar-refractivity contribution in [2.45, 2.75) is 20.1 Å². The summed E-state index contributed by atoms with van der Waals surface area (Å²) in [6.45, 7) is 3.09. The van der Waals surface area contributed by atoms with E-state index in [0.29, 0.717) is 18.9 Å². The van der Waals surface area contributed by atoms with Crippen LogP contribution in [0.15, 0.2) is 79.1 Å². The standard InChI is InChI=1S/C21H20N4O/c1-17-20(24-14-8-13-22-21(24)23-17)15-25(19-11-6-3-7-12-19)26-16-18-9-4-2-5-10-18/h2-14H,15-16H2,1H3. The highest BCUT2D eigenvalue weighted by atomic mass is 16.7. The third kappa shape index (κ3) is 3.43. The second-order valence-corrected chi connectivity index (χ2v) is 6.06. The van der Waals surface area contributed by atoms with Crippen LogP contribution < -0.4 is 5.06 Å². The quantitative estimate of drug-likeness (QED) is 0.492. The molecule has 0 atom stereocenters. The second kappa shape index (κ2) is 7.37. The summed E-state index contributed by atoms with van der Waals surface area (Å²) in [5, 5.41) is 1.91. The normalized spacial score (nSPS) is 11.0. The molecule has 0 aliphatic heterocycles. The van der Waals surface area contributed by atoms with Gasteiger partial charge in [0.15, 0.2) is 0 Å². The zero-order chi connectivity index (χ0) is 17.8. The molecule has 4 rings (SSSR count). The van der Waals surface area contributed by atoms with Gasteiger partial charge in [0.1, 0.15) is 0 Å². The average molecular weight is 344 g/mol. The van der Waals surface area contributed by atoms with Gasteiger partial charge in [-0.25, -0.2) is 15.0 Å². The maximum absolute atomic E-state index is 6.16. The van der Waals surface area contributed by atoms with Gasteiger partial charge in [0.2, 0.25) is 5.78 Å². The Balaban J connectivity index is 1.63. The van der Waals surface area contributed by atoms with Gasteiger partial charge in [0.25, 0.3) is 0 Å². The number of fused-ring (bicyclic) bond motifs is 1. The monoisotopic (exact) mass is 344 g/mol. The van der Waals surface area contributed by atoms with Crippen LogP contribution >= 0.6 is 0 Å². The minimum atomic E-state index is 0.504. The van der Waals surface area contributed by atoms with Crippen LogP contribution in [0.3, 0.4) is 0 Å². The molecule has 0 amide bonds. The van der Waals surface area contributed by atoms with Gasteiger partial charge >= 0.3 is 0 Å². The Kier molecular flexibility index (Phi) is 4.62. The highest BCUT2D eigenvalue weighted by Gasteiger charge is 2.15. The molecule has 0 radical (unpaired) electrons. The van der Waals surface area contributed by atoms with Crippen LogP contribution in [0, 0.1) is 6.92 Å². The van der Waals surface area contributed by atoms with Gasteiger partial charge < -0.3 is 0 Å². The lowest BCUT2D eigenvalue weighted by molar-refractivity contribution is 0.0900. The molecule has 0 bridgehead atoms. The van der Waals surface area contributed by atoms with Crippen LogP contribution in [-0.2, 0) is 18.0 Å². The van der Waals surface area contributed by atoms with E-state index in [4.69, 9.17) is 4.84 Å². The van der Waals surface area contributed by atoms with Gasteiger partial charge in [-0.15, -0.1) is 0 Å². The van der Waals surface area contributed by atoms with Gasteiger partial charge in [-0.1, -0.05) is 48.5 Å². The van der Waals surface area contributed by atoms with E-state index in [2.05, 4.69) is 22.1 Å². The van der Waals surface area contributed by atoms with Crippen LogP contribution in [-0.4, -0.2) is 14.4 Å². The van der Waals surface area contributed by atoms with Crippen molar-refractivity contribution in [3.8, 4) is 0 Å². The van der Waals surface area contributed by atoms with Gasteiger partial charge in [-0.05, 0) is 30.7 Å². The Morgan fingerprint density at radius 1 is 0.962 bits per heavy atom. The first kappa shape index (κ1) is 16.3. The third-order valence-electron chi connectivity index (χ3n) is 4.27. The smallest absolute Gasteiger partial charge is 0.234 e. The topological polar surface area (TPSA) is 42.7 Å². The molecule has 0 N–H and O–H groups in total. The molecule has 2 heterocycles. The fraction of sp³-hybridized carbons (Fsp3) is 0.143. The Morgan fingerprint density at radius 2 is 1.69 bits per heavy atom. The molecular weight excluding hydrogens is 324 g/mol. The minimum Gasteiger partial charge on any atom is -0.286 e. The van der Waals surface area contributed by atoms with E-state index in [1.165, 1.54) is 0 Å². The van der Waals surface area contributed by atoms with Crippen LogP contribution in [0.25, 0.3) is 5.78 Å². The lowest BCUT2D eigenvalue weighted by Crippen LogP contribution is -2.24. The highest BCUT2D eigenvalue weighted by Crippen LogP contribution is 2.20. The third-order valence-corrected chi connectivity index (χ3v) is 4.27. The van der Waals surface area contributed by atoms with Gasteiger partial charge in [0, 0.05) is 12.4 Å². The minimum absolute atomic E-state index is 0.504. The number of hydrogen-bond donors (Lipinski definition) is 0. The molecule has 130 valence electrons. The number of anilines is 1. The molecular formula is C21H20N4O. The van der Waals surface area contributed by atoms with Crippen molar-refractivity contribution >= 4 is 11.5 Å². The summed E-state index contributed by atoms with van der Waals surface area (Å²) in [4.78, 5) is 15.0. The lowest BCUT2D eigenvalue weighted by Gasteiger charge is -2.24. The van der Waals surface area contributed by atoms with Crippen molar-refractivity contribution < 1.29 is 4.84 Å². The second-order valence-electron chi connectivity index (χ2n) is 6.06. The van der Waals surface area contributed by atoms with Crippen LogP contribution in [0.5, 0.6) is 0 Å². The molecule has 0 unspecified atom stereocenters. The fourth-order valence-electron chi connectivity index (χ4n) is 2.90. The molecule has 0 aliphatic rings. The van der Waals surface area contributed by atoms with Crippen molar-refractivity contribution in [1.29, 1.82) is 0 Å². The van der Waals surface area contributed by atoms with Crippen LogP contribution in [0.4, 0.5) is 5.69 Å². The van der Waals surface area contributed by atoms with Crippen molar-refractivity contribution in [2.24, 2.45) is 0 Å². The summed E-state index contributed by atoms with van der Waals surface area (Å²) in [6.07, 6.45) is 3.74. The van der Waals surface area contributed by atoms with Crippen LogP contribution in [0.2, 0.25) is 0 Å². The van der Waals surface area contributed by atoms with E-state index in [1.54, 1.807) is 6.20 Å². The Hall–Kier alpha value is -3.18. The maximum atomic E-state index is 6.16. The predicted molar refractivity (Wildman–Crippen MR) is 102 cm³/mol. The molecule has 0 fully saturated rings. The van der Waals surface area contributed by atoms with Crippen molar-refractivity contribution in [3.63, 3.8) is 0 Å². The van der Waals surface area contributed by atoms with E-state index >= 15 is 0 Å². The van der Waals surface area contributed by atoms with E-state index in [0.717, 1.165) is 22.6 Å². The number of para-hydroxylation sites is 1. The largest absolute Gasteiger partial charge is 0.286 e. The number of nitrogens with zero attached hydrogens (tertiary/aromatic N) is 4. The summed E-state index contributed by atoms with van der Waals surface area (Å²) in [5.74, 6) is 0.705. The Bertz CT molecular complexity index is 983. The van der Waals surface area contributed by atoms with Crippen LogP contribution in [0.1, 0.15) is 17.0 Å². The molecule has 5 nitrogen and oxygen atoms in total. The number of aromatic nitrogens is 3. The molecule has 0 aliphatic carbocycles. The lowest BCUT2D eigenvalue weighted by atomic mass is 10.2. The number of hydroxylamine groups is 1. The Labute approximate surface area is 152 Å². The first-order valence-electron chi connectivity index (χ1n) is 8.59. The first-order valence-corrected chi connectivity index (χ1v) is 8.59. The zero-order valence-corrected chi connectivity index (χ0v) is 14.6. The number of aryl methyl sites for hydroxylation is 1. The van der Waals surface area contributed by atoms with E-state index in [-0.39, 0.29) is 0 Å². The van der Waals surface area contributed by atoms with Gasteiger partial charge in [-0.2, -0.15) is 0 Å². The summed E-state index contributed by atoms with van der Waals surface area (Å²) in [6, 6.07) is 22.2. The summed E-state index contributed by atoms with van der Waals surface area (Å²) >= 11 is 0. The molecule has 2 aromatic carbocycles. The highest BCUT2D eigenvalue weighted by molar-refractivity contribution is 5.45. The summed E-state index contributed by atoms with van der Waals surface area (Å²) < 4.78 is 2.01. The number of benzene rings is 2. The zero-order valence-electron chi connectivity index (χ0n) is 14.6. The van der Waals surface area contributed by atoms with E-state index in [9.17, 15) is 0 Å². The van der Waals surface area contributed by atoms with Gasteiger partial charge in [0.05, 0.1) is 30.2 Å². The summed E-state index contributed by atoms with van der Waals surface area (Å²) in [7, 11) is 0. The van der Waals surface area contributed by atoms with Crippen molar-refractivity contribution in [3.05, 3.63) is 96.1 Å². The summed E-state index contributed by atoms with van der Waals surface area (Å²) in [5.41, 5.74) is 4.14. The molecule has 0 saturated heterocycles. The first-order chi connectivity index (χ1) is 12.8.